The number of esters is 1. The molecule has 0 saturated heterocycles. The van der Waals surface area contributed by atoms with Crippen LogP contribution >= 0.6 is 0 Å². The van der Waals surface area contributed by atoms with Gasteiger partial charge >= 0.3 is 5.97 Å². The third kappa shape index (κ3) is 1.86. The third-order valence-electron chi connectivity index (χ3n) is 2.70. The molecule has 1 aromatic rings. The highest BCUT2D eigenvalue weighted by atomic mass is 16.5. The van der Waals surface area contributed by atoms with Crippen LogP contribution in [0.4, 0.5) is 0 Å². The van der Waals surface area contributed by atoms with Gasteiger partial charge in [0.15, 0.2) is 0 Å². The van der Waals surface area contributed by atoms with E-state index in [0.717, 1.165) is 16.2 Å². The number of ether oxygens (including phenoxy) is 1. The fourth-order valence-electron chi connectivity index (χ4n) is 1.85. The molecule has 0 amide bonds. The predicted octanol–water partition coefficient (Wildman–Crippen LogP) is 0.975. The smallest absolute Gasteiger partial charge is 0.325 e. The molecule has 1 unspecified atom stereocenters. The molecule has 4 heteroatoms. The summed E-state index contributed by atoms with van der Waals surface area (Å²) >= 11 is 0. The second-order valence-corrected chi connectivity index (χ2v) is 3.61. The van der Waals surface area contributed by atoms with Crippen molar-refractivity contribution >= 4 is 5.97 Å². The van der Waals surface area contributed by atoms with Gasteiger partial charge in [-0.05, 0) is 11.1 Å². The Morgan fingerprint density at radius 1 is 1.47 bits per heavy atom. The van der Waals surface area contributed by atoms with Crippen LogP contribution in [-0.4, -0.2) is 29.4 Å². The number of carbonyl (C=O) groups excluding carboxylic acids is 1. The number of fused-ring (bicyclic) bond motifs is 1. The number of nitrogens with zero attached hydrogens (tertiary/aromatic N) is 1. The maximum atomic E-state index is 11.4. The quantitative estimate of drug-likeness (QED) is 0.697. The fraction of sp³-hybridized carbons (Fsp3) is 0.364. The first-order valence-electron chi connectivity index (χ1n) is 4.82. The Morgan fingerprint density at radius 3 is 2.80 bits per heavy atom. The van der Waals surface area contributed by atoms with Crippen molar-refractivity contribution in [2.24, 2.45) is 0 Å². The van der Waals surface area contributed by atoms with Gasteiger partial charge in [0, 0.05) is 6.42 Å². The van der Waals surface area contributed by atoms with Crippen molar-refractivity contribution in [2.45, 2.75) is 19.0 Å². The minimum absolute atomic E-state index is 0.371. The van der Waals surface area contributed by atoms with Crippen LogP contribution in [0.1, 0.15) is 11.1 Å². The Bertz CT molecular complexity index is 378. The van der Waals surface area contributed by atoms with Gasteiger partial charge in [-0.1, -0.05) is 24.3 Å². The van der Waals surface area contributed by atoms with E-state index < -0.39 is 12.0 Å². The lowest BCUT2D eigenvalue weighted by Gasteiger charge is -2.30. The molecule has 1 heterocycles. The first-order valence-corrected chi connectivity index (χ1v) is 4.82. The summed E-state index contributed by atoms with van der Waals surface area (Å²) in [5, 5.41) is 10.7. The van der Waals surface area contributed by atoms with E-state index in [1.54, 1.807) is 0 Å². The molecular formula is C11H13NO3. The van der Waals surface area contributed by atoms with E-state index in [2.05, 4.69) is 4.74 Å². The number of hydrogen-bond acceptors (Lipinski definition) is 4. The standard InChI is InChI=1S/C11H13NO3/c1-15-11(13)10-6-8-4-2-3-5-9(8)7-12(10)14/h2-5,10,14H,6-7H2,1H3. The summed E-state index contributed by atoms with van der Waals surface area (Å²) < 4.78 is 4.63. The van der Waals surface area contributed by atoms with Crippen LogP contribution in [0.25, 0.3) is 0 Å². The summed E-state index contributed by atoms with van der Waals surface area (Å²) in [7, 11) is 1.33. The number of hydrogen-bond donors (Lipinski definition) is 1. The Morgan fingerprint density at radius 2 is 2.13 bits per heavy atom. The number of benzene rings is 1. The fourth-order valence-corrected chi connectivity index (χ4v) is 1.85. The summed E-state index contributed by atoms with van der Waals surface area (Å²) in [6.45, 7) is 0.371. The SMILES string of the molecule is COC(=O)C1Cc2ccccc2CN1O. The summed E-state index contributed by atoms with van der Waals surface area (Å²) in [6, 6.07) is 7.19. The molecule has 1 atom stereocenters. The second-order valence-electron chi connectivity index (χ2n) is 3.61. The van der Waals surface area contributed by atoms with Crippen LogP contribution in [0.5, 0.6) is 0 Å². The number of hydroxylamine groups is 2. The highest BCUT2D eigenvalue weighted by Crippen LogP contribution is 2.22. The van der Waals surface area contributed by atoms with Crippen LogP contribution in [0, 0.1) is 0 Å². The Labute approximate surface area is 88.0 Å². The second kappa shape index (κ2) is 4.00. The number of carbonyl (C=O) groups is 1. The van der Waals surface area contributed by atoms with Gasteiger partial charge in [0.05, 0.1) is 13.7 Å². The molecule has 80 valence electrons. The molecule has 0 bridgehead atoms. The zero-order valence-corrected chi connectivity index (χ0v) is 8.51. The van der Waals surface area contributed by atoms with Crippen molar-refractivity contribution in [1.29, 1.82) is 0 Å². The average Bonchev–Trinajstić information content (AvgIpc) is 2.27. The van der Waals surface area contributed by atoms with E-state index in [9.17, 15) is 10.0 Å². The molecule has 0 saturated carbocycles. The Hall–Kier alpha value is -1.39. The summed E-state index contributed by atoms with van der Waals surface area (Å²) in [5.41, 5.74) is 2.15. The highest BCUT2D eigenvalue weighted by molar-refractivity contribution is 5.76. The lowest BCUT2D eigenvalue weighted by Crippen LogP contribution is -2.44. The number of rotatable bonds is 1. The van der Waals surface area contributed by atoms with E-state index in [1.807, 2.05) is 24.3 Å². The van der Waals surface area contributed by atoms with Gasteiger partial charge in [0.1, 0.15) is 6.04 Å². The normalized spacial score (nSPS) is 20.8. The van der Waals surface area contributed by atoms with E-state index in [4.69, 9.17) is 0 Å². The van der Waals surface area contributed by atoms with E-state index >= 15 is 0 Å². The molecule has 0 radical (unpaired) electrons. The molecular weight excluding hydrogens is 194 g/mol. The minimum Gasteiger partial charge on any atom is -0.468 e. The Kier molecular flexibility index (Phi) is 2.70. The molecule has 1 N–H and O–H groups in total. The van der Waals surface area contributed by atoms with E-state index in [1.165, 1.54) is 7.11 Å². The maximum Gasteiger partial charge on any atom is 0.325 e. The summed E-state index contributed by atoms with van der Waals surface area (Å²) in [5.74, 6) is -0.396. The molecule has 1 aliphatic rings. The van der Waals surface area contributed by atoms with Crippen molar-refractivity contribution < 1.29 is 14.7 Å². The minimum atomic E-state index is -0.579. The van der Waals surface area contributed by atoms with E-state index in [0.29, 0.717) is 13.0 Å². The summed E-state index contributed by atoms with van der Waals surface area (Å²) in [4.78, 5) is 11.4. The Balaban J connectivity index is 2.25. The van der Waals surface area contributed by atoms with Crippen LogP contribution in [-0.2, 0) is 22.5 Å². The summed E-state index contributed by atoms with van der Waals surface area (Å²) in [6.07, 6.45) is 0.499. The molecule has 0 aliphatic carbocycles. The van der Waals surface area contributed by atoms with Gasteiger partial charge in [-0.25, -0.2) is 0 Å². The van der Waals surface area contributed by atoms with Crippen LogP contribution in [0.3, 0.4) is 0 Å². The molecule has 15 heavy (non-hydrogen) atoms. The van der Waals surface area contributed by atoms with Crippen LogP contribution in [0.2, 0.25) is 0 Å². The molecule has 0 spiro atoms. The lowest BCUT2D eigenvalue weighted by molar-refractivity contribution is -0.178. The highest BCUT2D eigenvalue weighted by Gasteiger charge is 2.31. The molecule has 1 aromatic carbocycles. The maximum absolute atomic E-state index is 11.4. The van der Waals surface area contributed by atoms with Crippen molar-refractivity contribution in [3.8, 4) is 0 Å². The molecule has 4 nitrogen and oxygen atoms in total. The average molecular weight is 207 g/mol. The lowest BCUT2D eigenvalue weighted by atomic mass is 9.95. The molecule has 0 aromatic heterocycles. The largest absolute Gasteiger partial charge is 0.468 e. The van der Waals surface area contributed by atoms with Crippen LogP contribution in [0.15, 0.2) is 24.3 Å². The van der Waals surface area contributed by atoms with Crippen molar-refractivity contribution in [3.05, 3.63) is 35.4 Å². The van der Waals surface area contributed by atoms with Crippen LogP contribution < -0.4 is 0 Å². The number of methoxy groups -OCH3 is 1. The van der Waals surface area contributed by atoms with Crippen molar-refractivity contribution in [2.75, 3.05) is 7.11 Å². The van der Waals surface area contributed by atoms with Gasteiger partial charge in [-0.15, -0.1) is 0 Å². The van der Waals surface area contributed by atoms with Crippen molar-refractivity contribution in [3.63, 3.8) is 0 Å². The molecule has 1 aliphatic heterocycles. The third-order valence-corrected chi connectivity index (χ3v) is 2.70. The van der Waals surface area contributed by atoms with Gasteiger partial charge in [0.25, 0.3) is 0 Å². The van der Waals surface area contributed by atoms with Gasteiger partial charge in [-0.2, -0.15) is 5.06 Å². The predicted molar refractivity (Wildman–Crippen MR) is 53.3 cm³/mol. The van der Waals surface area contributed by atoms with Gasteiger partial charge < -0.3 is 9.94 Å². The first kappa shape index (κ1) is 10.1. The van der Waals surface area contributed by atoms with Crippen molar-refractivity contribution in [1.82, 2.24) is 5.06 Å². The first-order chi connectivity index (χ1) is 7.22. The zero-order chi connectivity index (χ0) is 10.8. The van der Waals surface area contributed by atoms with Gasteiger partial charge in [-0.3, -0.25) is 4.79 Å². The van der Waals surface area contributed by atoms with E-state index in [-0.39, 0.29) is 0 Å². The molecule has 2 rings (SSSR count). The topological polar surface area (TPSA) is 49.8 Å². The van der Waals surface area contributed by atoms with Gasteiger partial charge in [0.2, 0.25) is 0 Å². The molecule has 0 fully saturated rings. The monoisotopic (exact) mass is 207 g/mol. The zero-order valence-electron chi connectivity index (χ0n) is 8.51.